The molecule has 106 valence electrons. The molecule has 0 radical (unpaired) electrons. The molecular weight excluding hydrogens is 278 g/mol. The zero-order chi connectivity index (χ0) is 14.4. The molecule has 2 rings (SSSR count). The van der Waals surface area contributed by atoms with Gasteiger partial charge in [-0.15, -0.1) is 11.3 Å². The quantitative estimate of drug-likeness (QED) is 0.602. The SMILES string of the molecule is CCCNc1ncc([N+](=O)[O-])c(NCc2cccs2)n1. The van der Waals surface area contributed by atoms with Gasteiger partial charge in [-0.25, -0.2) is 4.98 Å². The van der Waals surface area contributed by atoms with Gasteiger partial charge in [0.05, 0.1) is 11.5 Å². The van der Waals surface area contributed by atoms with Crippen LogP contribution in [-0.2, 0) is 6.54 Å². The van der Waals surface area contributed by atoms with E-state index in [4.69, 9.17) is 0 Å². The molecule has 2 N–H and O–H groups in total. The van der Waals surface area contributed by atoms with Crippen LogP contribution in [0.15, 0.2) is 23.7 Å². The summed E-state index contributed by atoms with van der Waals surface area (Å²) in [4.78, 5) is 19.7. The maximum Gasteiger partial charge on any atom is 0.329 e. The molecule has 0 unspecified atom stereocenters. The van der Waals surface area contributed by atoms with Crippen LogP contribution in [0.1, 0.15) is 18.2 Å². The lowest BCUT2D eigenvalue weighted by Gasteiger charge is -2.07. The zero-order valence-electron chi connectivity index (χ0n) is 11.0. The summed E-state index contributed by atoms with van der Waals surface area (Å²) < 4.78 is 0. The molecule has 0 amide bonds. The maximum atomic E-state index is 11.0. The van der Waals surface area contributed by atoms with Gasteiger partial charge >= 0.3 is 5.69 Å². The van der Waals surface area contributed by atoms with Gasteiger partial charge in [0.25, 0.3) is 0 Å². The van der Waals surface area contributed by atoms with E-state index in [1.54, 1.807) is 11.3 Å². The minimum absolute atomic E-state index is 0.122. The first-order valence-corrected chi connectivity index (χ1v) is 7.10. The van der Waals surface area contributed by atoms with Crippen LogP contribution in [0.25, 0.3) is 0 Å². The fraction of sp³-hybridized carbons (Fsp3) is 0.333. The van der Waals surface area contributed by atoms with Gasteiger partial charge in [0.2, 0.25) is 11.8 Å². The van der Waals surface area contributed by atoms with Crippen LogP contribution in [0, 0.1) is 10.1 Å². The predicted octanol–water partition coefficient (Wildman–Crippen LogP) is 2.88. The summed E-state index contributed by atoms with van der Waals surface area (Å²) in [5.41, 5.74) is -0.122. The number of nitrogens with zero attached hydrogens (tertiary/aromatic N) is 3. The molecule has 0 fully saturated rings. The summed E-state index contributed by atoms with van der Waals surface area (Å²) in [5.74, 6) is 0.628. The highest BCUT2D eigenvalue weighted by Crippen LogP contribution is 2.23. The van der Waals surface area contributed by atoms with Crippen LogP contribution in [0.5, 0.6) is 0 Å². The molecule has 20 heavy (non-hydrogen) atoms. The van der Waals surface area contributed by atoms with Crippen molar-refractivity contribution in [3.05, 3.63) is 38.7 Å². The average Bonchev–Trinajstić information content (AvgIpc) is 2.96. The van der Waals surface area contributed by atoms with E-state index >= 15 is 0 Å². The highest BCUT2D eigenvalue weighted by Gasteiger charge is 2.17. The van der Waals surface area contributed by atoms with Crippen molar-refractivity contribution >= 4 is 28.8 Å². The Bertz CT molecular complexity index is 573. The third-order valence-electron chi connectivity index (χ3n) is 2.51. The summed E-state index contributed by atoms with van der Waals surface area (Å²) in [7, 11) is 0. The number of nitrogens with one attached hydrogen (secondary N) is 2. The number of hydrogen-bond acceptors (Lipinski definition) is 7. The summed E-state index contributed by atoms with van der Waals surface area (Å²) >= 11 is 1.58. The van der Waals surface area contributed by atoms with Gasteiger partial charge in [0.15, 0.2) is 0 Å². The lowest BCUT2D eigenvalue weighted by atomic mass is 10.4. The second-order valence-corrected chi connectivity index (χ2v) is 5.08. The maximum absolute atomic E-state index is 11.0. The van der Waals surface area contributed by atoms with Gasteiger partial charge in [-0.3, -0.25) is 10.1 Å². The van der Waals surface area contributed by atoms with Crippen molar-refractivity contribution in [1.29, 1.82) is 0 Å². The predicted molar refractivity (Wildman–Crippen MR) is 79.1 cm³/mol. The van der Waals surface area contributed by atoms with Crippen molar-refractivity contribution in [2.45, 2.75) is 19.9 Å². The Hall–Kier alpha value is -2.22. The van der Waals surface area contributed by atoms with E-state index in [-0.39, 0.29) is 11.5 Å². The van der Waals surface area contributed by atoms with Crippen LogP contribution in [0.2, 0.25) is 0 Å². The van der Waals surface area contributed by atoms with Gasteiger partial charge in [-0.2, -0.15) is 4.98 Å². The first-order valence-electron chi connectivity index (χ1n) is 6.22. The normalized spacial score (nSPS) is 10.2. The number of thiophene rings is 1. The van der Waals surface area contributed by atoms with E-state index < -0.39 is 4.92 Å². The van der Waals surface area contributed by atoms with Crippen LogP contribution in [0.3, 0.4) is 0 Å². The fourth-order valence-electron chi connectivity index (χ4n) is 1.55. The minimum atomic E-state index is -0.486. The lowest BCUT2D eigenvalue weighted by molar-refractivity contribution is -0.384. The Kier molecular flexibility index (Phi) is 4.83. The largest absolute Gasteiger partial charge is 0.359 e. The molecule has 0 aliphatic carbocycles. The zero-order valence-corrected chi connectivity index (χ0v) is 11.8. The van der Waals surface area contributed by atoms with Gasteiger partial charge in [-0.05, 0) is 17.9 Å². The molecule has 7 nitrogen and oxygen atoms in total. The highest BCUT2D eigenvalue weighted by atomic mass is 32.1. The van der Waals surface area contributed by atoms with E-state index in [2.05, 4.69) is 20.6 Å². The van der Waals surface area contributed by atoms with Crippen molar-refractivity contribution in [1.82, 2.24) is 9.97 Å². The molecule has 0 spiro atoms. The molecule has 2 aromatic heterocycles. The Balaban J connectivity index is 2.15. The molecule has 0 saturated heterocycles. The molecule has 0 aliphatic rings. The topological polar surface area (TPSA) is 93.0 Å². The van der Waals surface area contributed by atoms with Gasteiger partial charge in [0.1, 0.15) is 6.20 Å². The van der Waals surface area contributed by atoms with E-state index in [9.17, 15) is 10.1 Å². The molecule has 0 atom stereocenters. The number of nitro groups is 1. The van der Waals surface area contributed by atoms with Crippen molar-refractivity contribution in [3.63, 3.8) is 0 Å². The van der Waals surface area contributed by atoms with E-state index in [0.29, 0.717) is 12.5 Å². The summed E-state index contributed by atoms with van der Waals surface area (Å²) in [6.45, 7) is 3.25. The summed E-state index contributed by atoms with van der Waals surface area (Å²) in [5, 5.41) is 18.9. The van der Waals surface area contributed by atoms with Crippen molar-refractivity contribution in [3.8, 4) is 0 Å². The molecule has 2 aromatic rings. The van der Waals surface area contributed by atoms with Gasteiger partial charge in [0, 0.05) is 11.4 Å². The lowest BCUT2D eigenvalue weighted by Crippen LogP contribution is -2.09. The van der Waals surface area contributed by atoms with Crippen LogP contribution < -0.4 is 10.6 Å². The molecule has 8 heteroatoms. The summed E-state index contributed by atoms with van der Waals surface area (Å²) in [6.07, 6.45) is 2.15. The third kappa shape index (κ3) is 3.64. The number of aromatic nitrogens is 2. The van der Waals surface area contributed by atoms with Gasteiger partial charge in [-0.1, -0.05) is 13.0 Å². The van der Waals surface area contributed by atoms with E-state index in [1.807, 2.05) is 24.4 Å². The van der Waals surface area contributed by atoms with Crippen molar-refractivity contribution < 1.29 is 4.92 Å². The Morgan fingerprint density at radius 3 is 2.95 bits per heavy atom. The first-order chi connectivity index (χ1) is 9.70. The number of anilines is 2. The first kappa shape index (κ1) is 14.2. The molecule has 0 aromatic carbocycles. The van der Waals surface area contributed by atoms with Crippen LogP contribution >= 0.6 is 11.3 Å². The minimum Gasteiger partial charge on any atom is -0.359 e. The monoisotopic (exact) mass is 293 g/mol. The Morgan fingerprint density at radius 1 is 1.45 bits per heavy atom. The van der Waals surface area contributed by atoms with Crippen molar-refractivity contribution in [2.24, 2.45) is 0 Å². The van der Waals surface area contributed by atoms with Crippen LogP contribution in [-0.4, -0.2) is 21.4 Å². The third-order valence-corrected chi connectivity index (χ3v) is 3.39. The standard InChI is InChI=1S/C12H15N5O2S/c1-2-5-13-12-15-8-10(17(18)19)11(16-12)14-7-9-4-3-6-20-9/h3-4,6,8H,2,5,7H2,1H3,(H2,13,14,15,16). The highest BCUT2D eigenvalue weighted by molar-refractivity contribution is 7.09. The van der Waals surface area contributed by atoms with Crippen molar-refractivity contribution in [2.75, 3.05) is 17.2 Å². The van der Waals surface area contributed by atoms with E-state index in [1.165, 1.54) is 6.20 Å². The molecule has 0 saturated carbocycles. The second kappa shape index (κ2) is 6.80. The summed E-state index contributed by atoms with van der Waals surface area (Å²) in [6, 6.07) is 3.89. The Labute approximate surface area is 120 Å². The smallest absolute Gasteiger partial charge is 0.329 e. The molecule has 2 heterocycles. The number of rotatable bonds is 7. The van der Waals surface area contributed by atoms with Gasteiger partial charge < -0.3 is 10.6 Å². The molecular formula is C12H15N5O2S. The molecule has 0 bridgehead atoms. The van der Waals surface area contributed by atoms with Crippen LogP contribution in [0.4, 0.5) is 17.5 Å². The van der Waals surface area contributed by atoms with E-state index in [0.717, 1.165) is 17.8 Å². The Morgan fingerprint density at radius 2 is 2.30 bits per heavy atom. The average molecular weight is 293 g/mol. The fourth-order valence-corrected chi connectivity index (χ4v) is 2.19. The number of hydrogen-bond donors (Lipinski definition) is 2. The molecule has 0 aliphatic heterocycles. The second-order valence-electron chi connectivity index (χ2n) is 4.04.